The molecule has 254 valence electrons. The number of nitrogens with zero attached hydrogens (tertiary/aromatic N) is 4. The quantitative estimate of drug-likeness (QED) is 0.286. The Kier molecular flexibility index (Phi) is 10.00. The molecule has 2 aliphatic heterocycles. The first kappa shape index (κ1) is 33.5. The Morgan fingerprint density at radius 3 is 2.25 bits per heavy atom. The van der Waals surface area contributed by atoms with Gasteiger partial charge in [0.2, 0.25) is 11.8 Å². The second-order valence-electron chi connectivity index (χ2n) is 12.9. The summed E-state index contributed by atoms with van der Waals surface area (Å²) in [5, 5.41) is 6.03. The van der Waals surface area contributed by atoms with Crippen molar-refractivity contribution in [2.75, 3.05) is 13.1 Å². The largest absolute Gasteiger partial charge is 0.416 e. The first-order chi connectivity index (χ1) is 23.1. The van der Waals surface area contributed by atoms with Crippen LogP contribution in [0.5, 0.6) is 0 Å². The van der Waals surface area contributed by atoms with Crippen LogP contribution in [0.4, 0.5) is 22.4 Å². The molecule has 3 aromatic carbocycles. The number of piperazine rings is 1. The van der Waals surface area contributed by atoms with E-state index in [0.717, 1.165) is 49.8 Å². The van der Waals surface area contributed by atoms with Crippen molar-refractivity contribution in [1.29, 1.82) is 0 Å². The van der Waals surface area contributed by atoms with E-state index in [1.54, 1.807) is 23.2 Å². The van der Waals surface area contributed by atoms with Gasteiger partial charge in [-0.3, -0.25) is 9.59 Å². The molecule has 48 heavy (non-hydrogen) atoms. The predicted octanol–water partition coefficient (Wildman–Crippen LogP) is 6.32. The molecule has 3 aliphatic rings. The van der Waals surface area contributed by atoms with Crippen molar-refractivity contribution in [3.8, 4) is 0 Å². The van der Waals surface area contributed by atoms with Gasteiger partial charge in [-0.1, -0.05) is 86.7 Å². The highest BCUT2D eigenvalue weighted by molar-refractivity contribution is 5.91. The molecule has 0 radical (unpaired) electrons. The lowest BCUT2D eigenvalue weighted by atomic mass is 9.83. The summed E-state index contributed by atoms with van der Waals surface area (Å²) in [4.78, 5) is 45.4. The van der Waals surface area contributed by atoms with Crippen molar-refractivity contribution in [1.82, 2.24) is 25.1 Å². The summed E-state index contributed by atoms with van der Waals surface area (Å²) in [5.74, 6) is -0.868. The Bertz CT molecular complexity index is 1600. The number of benzene rings is 3. The number of alkyl halides is 3. The normalized spacial score (nSPS) is 21.0. The Morgan fingerprint density at radius 2 is 1.54 bits per heavy atom. The number of carbonyl (C=O) groups is 3. The van der Waals surface area contributed by atoms with Gasteiger partial charge in [-0.25, -0.2) is 19.2 Å². The number of rotatable bonds is 8. The SMILES string of the molecule is O=C1[C@H](CC2CCCCC2)N2C(=O)CN(Cc3ccc(F)cc3)N(C(=O)NCc3ccccc3)[C@H]2CN1Cc1cccc(C(F)(F)F)c1. The molecule has 3 fully saturated rings. The number of urea groups is 1. The second-order valence-corrected chi connectivity index (χ2v) is 12.9. The predicted molar refractivity (Wildman–Crippen MR) is 170 cm³/mol. The summed E-state index contributed by atoms with van der Waals surface area (Å²) in [6.45, 7) is -0.0706. The number of halogens is 4. The average molecular weight is 666 g/mol. The van der Waals surface area contributed by atoms with Crippen LogP contribution < -0.4 is 5.32 Å². The van der Waals surface area contributed by atoms with E-state index in [2.05, 4.69) is 5.32 Å². The summed E-state index contributed by atoms with van der Waals surface area (Å²) < 4.78 is 54.5. The van der Waals surface area contributed by atoms with Gasteiger partial charge in [-0.15, -0.1) is 0 Å². The van der Waals surface area contributed by atoms with Crippen LogP contribution in [0, 0.1) is 11.7 Å². The minimum atomic E-state index is -4.55. The van der Waals surface area contributed by atoms with Crippen LogP contribution in [0.15, 0.2) is 78.9 Å². The lowest BCUT2D eigenvalue weighted by molar-refractivity contribution is -0.193. The van der Waals surface area contributed by atoms with E-state index in [-0.39, 0.29) is 50.5 Å². The van der Waals surface area contributed by atoms with Crippen molar-refractivity contribution < 1.29 is 31.9 Å². The van der Waals surface area contributed by atoms with Crippen molar-refractivity contribution in [3.05, 3.63) is 107 Å². The first-order valence-electron chi connectivity index (χ1n) is 16.4. The molecule has 1 saturated carbocycles. The third kappa shape index (κ3) is 7.64. The Balaban J connectivity index is 1.35. The summed E-state index contributed by atoms with van der Waals surface area (Å²) >= 11 is 0. The monoisotopic (exact) mass is 665 g/mol. The summed E-state index contributed by atoms with van der Waals surface area (Å²) in [7, 11) is 0. The molecule has 3 aromatic rings. The lowest BCUT2D eigenvalue weighted by Gasteiger charge is -2.55. The maximum Gasteiger partial charge on any atom is 0.416 e. The lowest BCUT2D eigenvalue weighted by Crippen LogP contribution is -2.76. The highest BCUT2D eigenvalue weighted by Crippen LogP contribution is 2.35. The molecule has 2 saturated heterocycles. The van der Waals surface area contributed by atoms with Crippen molar-refractivity contribution in [3.63, 3.8) is 0 Å². The number of carbonyl (C=O) groups excluding carboxylic acids is 3. The van der Waals surface area contributed by atoms with E-state index in [1.165, 1.54) is 33.0 Å². The average Bonchev–Trinajstić information content (AvgIpc) is 3.07. The molecule has 0 bridgehead atoms. The number of amides is 4. The number of hydrazine groups is 1. The van der Waals surface area contributed by atoms with Gasteiger partial charge in [-0.2, -0.15) is 13.2 Å². The molecular formula is C36H39F4N5O3. The van der Waals surface area contributed by atoms with Gasteiger partial charge in [-0.05, 0) is 53.3 Å². The van der Waals surface area contributed by atoms with Crippen molar-refractivity contribution in [2.45, 2.75) is 76.5 Å². The molecule has 2 atom stereocenters. The van der Waals surface area contributed by atoms with Gasteiger partial charge >= 0.3 is 12.2 Å². The van der Waals surface area contributed by atoms with Crippen LogP contribution in [0.25, 0.3) is 0 Å². The fraction of sp³-hybridized carbons (Fsp3) is 0.417. The number of hydrogen-bond acceptors (Lipinski definition) is 4. The van der Waals surface area contributed by atoms with Crippen LogP contribution >= 0.6 is 0 Å². The van der Waals surface area contributed by atoms with E-state index in [4.69, 9.17) is 0 Å². The molecule has 4 amide bonds. The minimum Gasteiger partial charge on any atom is -0.333 e. The zero-order valence-electron chi connectivity index (χ0n) is 26.5. The Hall–Kier alpha value is -4.45. The fourth-order valence-corrected chi connectivity index (χ4v) is 7.16. The third-order valence-corrected chi connectivity index (χ3v) is 9.51. The zero-order chi connectivity index (χ0) is 33.8. The molecule has 1 N–H and O–H groups in total. The molecule has 0 spiro atoms. The van der Waals surface area contributed by atoms with Gasteiger partial charge in [0.05, 0.1) is 18.7 Å². The number of nitrogens with one attached hydrogen (secondary N) is 1. The second kappa shape index (κ2) is 14.3. The standard InChI is InChI=1S/C36H39F4N5O3/c37-30-16-14-27(15-17-30)22-43-24-33(46)44-31(19-25-8-3-1-4-9-25)34(47)42(21-28-12-7-13-29(18-28)36(38,39)40)23-32(44)45(43)35(48)41-20-26-10-5-2-6-11-26/h2,5-7,10-18,25,31-32H,1,3-4,8-9,19-24H2,(H,41,48)/t31-,32-/m0/s1. The van der Waals surface area contributed by atoms with E-state index in [9.17, 15) is 31.9 Å². The van der Waals surface area contributed by atoms with E-state index >= 15 is 0 Å². The molecule has 1 aliphatic carbocycles. The molecule has 8 nitrogen and oxygen atoms in total. The van der Waals surface area contributed by atoms with E-state index < -0.39 is 35.8 Å². The van der Waals surface area contributed by atoms with Gasteiger partial charge in [0, 0.05) is 19.6 Å². The van der Waals surface area contributed by atoms with Crippen LogP contribution in [0.2, 0.25) is 0 Å². The number of fused-ring (bicyclic) bond motifs is 1. The molecule has 0 unspecified atom stereocenters. The first-order valence-corrected chi connectivity index (χ1v) is 16.4. The summed E-state index contributed by atoms with van der Waals surface area (Å²) in [6, 6.07) is 18.6. The van der Waals surface area contributed by atoms with Crippen LogP contribution in [0.1, 0.15) is 60.8 Å². The molecule has 0 aromatic heterocycles. The molecule has 6 rings (SSSR count). The minimum absolute atomic E-state index is 0.0966. The van der Waals surface area contributed by atoms with Gasteiger partial charge in [0.25, 0.3) is 0 Å². The molecule has 12 heteroatoms. The van der Waals surface area contributed by atoms with E-state index in [0.29, 0.717) is 17.5 Å². The van der Waals surface area contributed by atoms with E-state index in [1.807, 2.05) is 30.3 Å². The third-order valence-electron chi connectivity index (χ3n) is 9.51. The van der Waals surface area contributed by atoms with Gasteiger partial charge in [0.1, 0.15) is 18.0 Å². The van der Waals surface area contributed by atoms with Gasteiger partial charge < -0.3 is 15.1 Å². The van der Waals surface area contributed by atoms with Crippen molar-refractivity contribution >= 4 is 17.8 Å². The van der Waals surface area contributed by atoms with Crippen LogP contribution in [0.3, 0.4) is 0 Å². The Labute approximate surface area is 277 Å². The zero-order valence-corrected chi connectivity index (χ0v) is 26.5. The van der Waals surface area contributed by atoms with Gasteiger partial charge in [0.15, 0.2) is 0 Å². The Morgan fingerprint density at radius 1 is 0.833 bits per heavy atom. The van der Waals surface area contributed by atoms with Crippen LogP contribution in [-0.2, 0) is 35.4 Å². The molecular weight excluding hydrogens is 626 g/mol. The fourth-order valence-electron chi connectivity index (χ4n) is 7.16. The maximum absolute atomic E-state index is 14.2. The smallest absolute Gasteiger partial charge is 0.333 e. The van der Waals surface area contributed by atoms with Crippen LogP contribution in [-0.4, -0.2) is 63.0 Å². The highest BCUT2D eigenvalue weighted by atomic mass is 19.4. The van der Waals surface area contributed by atoms with Crippen molar-refractivity contribution in [2.24, 2.45) is 5.92 Å². The topological polar surface area (TPSA) is 76.2 Å². The summed E-state index contributed by atoms with van der Waals surface area (Å²) in [6.07, 6.45) is -0.0592. The summed E-state index contributed by atoms with van der Waals surface area (Å²) in [5.41, 5.74) is 1.02. The molecule has 2 heterocycles. The maximum atomic E-state index is 14.2. The number of hydrogen-bond donors (Lipinski definition) is 1. The highest BCUT2D eigenvalue weighted by Gasteiger charge is 2.51.